The minimum Gasteiger partial charge on any atom is -0.495 e. The van der Waals surface area contributed by atoms with Crippen molar-refractivity contribution < 1.29 is 19.0 Å². The Bertz CT molecular complexity index is 423. The molecule has 0 atom stereocenters. The van der Waals surface area contributed by atoms with Gasteiger partial charge in [0.2, 0.25) is 0 Å². The fraction of sp³-hybridized carbons (Fsp3) is 0.273. The predicted molar refractivity (Wildman–Crippen MR) is 55.6 cm³/mol. The van der Waals surface area contributed by atoms with Crippen LogP contribution >= 0.6 is 0 Å². The maximum atomic E-state index is 11.3. The van der Waals surface area contributed by atoms with E-state index >= 15 is 0 Å². The highest BCUT2D eigenvalue weighted by Gasteiger charge is 2.16. The fourth-order valence-corrected chi connectivity index (χ4v) is 1.26. The normalized spacial score (nSPS) is 9.12. The molecular weight excluding hydrogens is 211 g/mol. The SMILES string of the molecule is COC(=O)c1cc(OC)c([13C]#N)c(OC)c1. The molecule has 0 spiro atoms. The Balaban J connectivity index is 3.38. The van der Waals surface area contributed by atoms with E-state index in [2.05, 4.69) is 4.74 Å². The lowest BCUT2D eigenvalue weighted by Gasteiger charge is -2.09. The van der Waals surface area contributed by atoms with Crippen LogP contribution in [0.3, 0.4) is 0 Å². The maximum absolute atomic E-state index is 11.3. The van der Waals surface area contributed by atoms with Crippen LogP contribution in [-0.2, 0) is 4.74 Å². The van der Waals surface area contributed by atoms with Crippen LogP contribution in [-0.4, -0.2) is 27.3 Å². The van der Waals surface area contributed by atoms with E-state index in [1.54, 1.807) is 0 Å². The molecule has 16 heavy (non-hydrogen) atoms. The van der Waals surface area contributed by atoms with Crippen molar-refractivity contribution in [1.29, 1.82) is 5.26 Å². The molecule has 0 fully saturated rings. The van der Waals surface area contributed by atoms with E-state index in [4.69, 9.17) is 14.7 Å². The van der Waals surface area contributed by atoms with Gasteiger partial charge < -0.3 is 14.2 Å². The molecule has 0 aromatic heterocycles. The molecule has 1 aromatic carbocycles. The zero-order chi connectivity index (χ0) is 12.1. The number of ether oxygens (including phenoxy) is 3. The van der Waals surface area contributed by atoms with Crippen LogP contribution in [0, 0.1) is 11.3 Å². The average molecular weight is 222 g/mol. The van der Waals surface area contributed by atoms with E-state index in [1.807, 2.05) is 6.07 Å². The molecule has 1 aromatic rings. The van der Waals surface area contributed by atoms with E-state index in [0.29, 0.717) is 0 Å². The Hall–Kier alpha value is -2.22. The molecule has 1 rings (SSSR count). The Labute approximate surface area is 93.2 Å². The molecule has 0 aliphatic carbocycles. The van der Waals surface area contributed by atoms with Gasteiger partial charge in [-0.1, -0.05) is 0 Å². The third kappa shape index (κ3) is 2.06. The average Bonchev–Trinajstić information content (AvgIpc) is 2.35. The minimum atomic E-state index is -0.513. The summed E-state index contributed by atoms with van der Waals surface area (Å²) in [5.41, 5.74) is 0.521. The Morgan fingerprint density at radius 2 is 1.69 bits per heavy atom. The van der Waals surface area contributed by atoms with Gasteiger partial charge in [-0.3, -0.25) is 0 Å². The number of nitriles is 1. The second-order valence-electron chi connectivity index (χ2n) is 2.86. The summed E-state index contributed by atoms with van der Waals surface area (Å²) in [6, 6.07) is 4.82. The first-order valence-electron chi connectivity index (χ1n) is 4.42. The molecule has 0 aliphatic rings. The highest BCUT2D eigenvalue weighted by Crippen LogP contribution is 2.29. The number of rotatable bonds is 3. The van der Waals surface area contributed by atoms with Crippen LogP contribution < -0.4 is 9.47 Å². The number of carbonyl (C=O) groups is 1. The molecule has 0 bridgehead atoms. The number of esters is 1. The van der Waals surface area contributed by atoms with Gasteiger partial charge in [-0.15, -0.1) is 0 Å². The number of carbonyl (C=O) groups excluding carboxylic acids is 1. The lowest BCUT2D eigenvalue weighted by Crippen LogP contribution is -2.04. The zero-order valence-electron chi connectivity index (χ0n) is 9.23. The highest BCUT2D eigenvalue weighted by molar-refractivity contribution is 5.91. The first-order valence-corrected chi connectivity index (χ1v) is 4.42. The maximum Gasteiger partial charge on any atom is 0.338 e. The van der Waals surface area contributed by atoms with Gasteiger partial charge in [-0.05, 0) is 12.1 Å². The molecule has 0 heterocycles. The van der Waals surface area contributed by atoms with Crippen LogP contribution in [0.1, 0.15) is 15.9 Å². The second kappa shape index (κ2) is 5.03. The zero-order valence-corrected chi connectivity index (χ0v) is 9.23. The van der Waals surface area contributed by atoms with Crippen molar-refractivity contribution in [3.05, 3.63) is 23.3 Å². The monoisotopic (exact) mass is 222 g/mol. The molecule has 5 heteroatoms. The molecule has 0 radical (unpaired) electrons. The number of benzene rings is 1. The van der Waals surface area contributed by atoms with Gasteiger partial charge in [-0.2, -0.15) is 5.26 Å². The van der Waals surface area contributed by atoms with Gasteiger partial charge in [-0.25, -0.2) is 4.79 Å². The van der Waals surface area contributed by atoms with E-state index in [0.717, 1.165) is 0 Å². The smallest absolute Gasteiger partial charge is 0.338 e. The largest absolute Gasteiger partial charge is 0.495 e. The van der Waals surface area contributed by atoms with Gasteiger partial charge in [0.25, 0.3) is 0 Å². The number of hydrogen-bond donors (Lipinski definition) is 0. The third-order valence-corrected chi connectivity index (χ3v) is 2.04. The van der Waals surface area contributed by atoms with Crippen LogP contribution in [0.2, 0.25) is 0 Å². The first kappa shape index (κ1) is 11.9. The van der Waals surface area contributed by atoms with Gasteiger partial charge in [0.05, 0.1) is 26.9 Å². The standard InChI is InChI=1S/C11H11NO4/c1-14-9-4-7(11(13)16-3)5-10(15-2)8(9)6-12/h4-5H,1-3H3/i6+1. The summed E-state index contributed by atoms with van der Waals surface area (Å²) in [6.45, 7) is 0. The van der Waals surface area contributed by atoms with Gasteiger partial charge in [0.15, 0.2) is 0 Å². The van der Waals surface area contributed by atoms with Crippen LogP contribution in [0.25, 0.3) is 0 Å². The molecule has 5 nitrogen and oxygen atoms in total. The van der Waals surface area contributed by atoms with E-state index in [9.17, 15) is 4.79 Å². The van der Waals surface area contributed by atoms with Crippen LogP contribution in [0.5, 0.6) is 11.5 Å². The summed E-state index contributed by atoms with van der Waals surface area (Å²) < 4.78 is 14.6. The van der Waals surface area contributed by atoms with E-state index < -0.39 is 5.97 Å². The van der Waals surface area contributed by atoms with Crippen molar-refractivity contribution in [3.8, 4) is 17.6 Å². The lowest BCUT2D eigenvalue weighted by atomic mass is 10.1. The summed E-state index contributed by atoms with van der Waals surface area (Å²) in [5.74, 6) is 0.0468. The molecule has 0 amide bonds. The summed E-state index contributed by atoms with van der Waals surface area (Å²) in [6.07, 6.45) is 0. The van der Waals surface area contributed by atoms with Crippen molar-refractivity contribution in [2.45, 2.75) is 0 Å². The number of methoxy groups -OCH3 is 3. The summed E-state index contributed by atoms with van der Waals surface area (Å²) in [4.78, 5) is 11.3. The minimum absolute atomic E-state index is 0.248. The Morgan fingerprint density at radius 3 is 2.00 bits per heavy atom. The second-order valence-corrected chi connectivity index (χ2v) is 2.86. The molecule has 0 saturated heterocycles. The van der Waals surface area contributed by atoms with Crippen molar-refractivity contribution in [2.75, 3.05) is 21.3 Å². The molecule has 0 aliphatic heterocycles. The van der Waals surface area contributed by atoms with Crippen molar-refractivity contribution in [1.82, 2.24) is 0 Å². The highest BCUT2D eigenvalue weighted by atomic mass is 16.5. The van der Waals surface area contributed by atoms with E-state index in [-0.39, 0.29) is 22.6 Å². The quantitative estimate of drug-likeness (QED) is 0.570. The predicted octanol–water partition coefficient (Wildman–Crippen LogP) is 1.36. The van der Waals surface area contributed by atoms with Crippen molar-refractivity contribution >= 4 is 5.97 Å². The summed E-state index contributed by atoms with van der Waals surface area (Å²) in [5, 5.41) is 8.92. The fourth-order valence-electron chi connectivity index (χ4n) is 1.26. The Kier molecular flexibility index (Phi) is 3.72. The van der Waals surface area contributed by atoms with Crippen molar-refractivity contribution in [3.63, 3.8) is 0 Å². The van der Waals surface area contributed by atoms with Crippen LogP contribution in [0.15, 0.2) is 12.1 Å². The molecule has 84 valence electrons. The summed E-state index contributed by atoms with van der Waals surface area (Å²) in [7, 11) is 4.10. The van der Waals surface area contributed by atoms with Gasteiger partial charge in [0.1, 0.15) is 23.1 Å². The lowest BCUT2D eigenvalue weighted by molar-refractivity contribution is 0.0600. The molecule has 0 unspecified atom stereocenters. The Morgan fingerprint density at radius 1 is 1.19 bits per heavy atom. The summed E-state index contributed by atoms with van der Waals surface area (Å²) >= 11 is 0. The molecule has 0 saturated carbocycles. The number of nitrogens with zero attached hydrogens (tertiary/aromatic N) is 1. The molecular formula is C11H11NO4. The first-order chi connectivity index (χ1) is 7.67. The van der Waals surface area contributed by atoms with Crippen LogP contribution in [0.4, 0.5) is 0 Å². The molecule has 0 N–H and O–H groups in total. The van der Waals surface area contributed by atoms with Crippen molar-refractivity contribution in [2.24, 2.45) is 0 Å². The van der Waals surface area contributed by atoms with Gasteiger partial charge >= 0.3 is 5.97 Å². The number of hydrogen-bond acceptors (Lipinski definition) is 5. The topological polar surface area (TPSA) is 68.5 Å². The van der Waals surface area contributed by atoms with E-state index in [1.165, 1.54) is 33.5 Å². The third-order valence-electron chi connectivity index (χ3n) is 2.04. The van der Waals surface area contributed by atoms with Gasteiger partial charge in [0, 0.05) is 0 Å².